The van der Waals surface area contributed by atoms with Gasteiger partial charge in [-0.3, -0.25) is 9.89 Å². The van der Waals surface area contributed by atoms with Gasteiger partial charge in [0.25, 0.3) is 0 Å². The standard InChI is InChI=1S/C25H32N4O/c30-25(20-6-2-1-3-7-20)28-12-4-5-19(10-13-28)18-29-14-11-22-15-21(8-9-24(22)29)23-16-26-27-17-23/h8-9,11,14-17,19-20H,1-7,10,12-13,18H2,(H,26,27). The number of fused-ring (bicyclic) bond motifs is 1. The first-order valence-electron chi connectivity index (χ1n) is 11.6. The van der Waals surface area contributed by atoms with Gasteiger partial charge in [-0.2, -0.15) is 5.10 Å². The molecule has 3 heterocycles. The van der Waals surface area contributed by atoms with Crippen LogP contribution < -0.4 is 0 Å². The molecule has 5 nitrogen and oxygen atoms in total. The zero-order valence-electron chi connectivity index (χ0n) is 17.7. The number of likely N-dealkylation sites (tertiary alicyclic amines) is 1. The van der Waals surface area contributed by atoms with Crippen LogP contribution in [0.15, 0.2) is 42.9 Å². The van der Waals surface area contributed by atoms with Crippen LogP contribution in [0.3, 0.4) is 0 Å². The highest BCUT2D eigenvalue weighted by molar-refractivity contribution is 5.85. The van der Waals surface area contributed by atoms with Crippen molar-refractivity contribution >= 4 is 16.8 Å². The van der Waals surface area contributed by atoms with Crippen molar-refractivity contribution in [2.24, 2.45) is 11.8 Å². The molecule has 5 rings (SSSR count). The first-order chi connectivity index (χ1) is 14.8. The largest absolute Gasteiger partial charge is 0.347 e. The second-order valence-electron chi connectivity index (χ2n) is 9.19. The average Bonchev–Trinajstić information content (AvgIpc) is 3.40. The molecule has 1 aliphatic heterocycles. The topological polar surface area (TPSA) is 53.9 Å². The molecule has 1 unspecified atom stereocenters. The van der Waals surface area contributed by atoms with Crippen LogP contribution in [0, 0.1) is 11.8 Å². The van der Waals surface area contributed by atoms with E-state index in [2.05, 4.69) is 50.1 Å². The number of carbonyl (C=O) groups excluding carboxylic acids is 1. The number of rotatable bonds is 4. The van der Waals surface area contributed by atoms with E-state index >= 15 is 0 Å². The third kappa shape index (κ3) is 4.03. The molecule has 5 heteroatoms. The fraction of sp³-hybridized carbons (Fsp3) is 0.520. The highest BCUT2D eigenvalue weighted by Crippen LogP contribution is 2.29. The summed E-state index contributed by atoms with van der Waals surface area (Å²) in [5.74, 6) is 1.37. The normalized spacial score (nSPS) is 21.1. The van der Waals surface area contributed by atoms with Crippen LogP contribution in [0.5, 0.6) is 0 Å². The molecule has 2 aromatic heterocycles. The van der Waals surface area contributed by atoms with Gasteiger partial charge in [0, 0.05) is 54.4 Å². The number of aromatic nitrogens is 3. The van der Waals surface area contributed by atoms with E-state index in [0.717, 1.165) is 50.9 Å². The lowest BCUT2D eigenvalue weighted by molar-refractivity contribution is -0.136. The number of nitrogens with zero attached hydrogens (tertiary/aromatic N) is 3. The van der Waals surface area contributed by atoms with Crippen molar-refractivity contribution in [3.63, 3.8) is 0 Å². The molecule has 1 saturated heterocycles. The maximum atomic E-state index is 12.9. The predicted molar refractivity (Wildman–Crippen MR) is 120 cm³/mol. The Morgan fingerprint density at radius 2 is 1.90 bits per heavy atom. The van der Waals surface area contributed by atoms with Gasteiger partial charge in [-0.1, -0.05) is 25.3 Å². The minimum Gasteiger partial charge on any atom is -0.347 e. The van der Waals surface area contributed by atoms with E-state index in [0.29, 0.717) is 17.7 Å². The molecule has 1 aliphatic carbocycles. The summed E-state index contributed by atoms with van der Waals surface area (Å²) in [6, 6.07) is 8.87. The minimum absolute atomic E-state index is 0.299. The Hall–Kier alpha value is -2.56. The maximum absolute atomic E-state index is 12.9. The zero-order valence-corrected chi connectivity index (χ0v) is 17.7. The quantitative estimate of drug-likeness (QED) is 0.646. The molecule has 158 valence electrons. The first kappa shape index (κ1) is 19.4. The summed E-state index contributed by atoms with van der Waals surface area (Å²) in [7, 11) is 0. The number of hydrogen-bond acceptors (Lipinski definition) is 2. The van der Waals surface area contributed by atoms with Gasteiger partial charge in [-0.05, 0) is 61.8 Å². The highest BCUT2D eigenvalue weighted by atomic mass is 16.2. The number of amides is 1. The van der Waals surface area contributed by atoms with Crippen molar-refractivity contribution < 1.29 is 4.79 Å². The van der Waals surface area contributed by atoms with Crippen LogP contribution in [0.4, 0.5) is 0 Å². The number of nitrogens with one attached hydrogen (secondary N) is 1. The van der Waals surface area contributed by atoms with Gasteiger partial charge in [0.2, 0.25) is 5.91 Å². The van der Waals surface area contributed by atoms with Crippen LogP contribution in [-0.2, 0) is 11.3 Å². The van der Waals surface area contributed by atoms with Gasteiger partial charge in [0.05, 0.1) is 6.20 Å². The number of benzene rings is 1. The lowest BCUT2D eigenvalue weighted by Crippen LogP contribution is -2.37. The molecule has 1 N–H and O–H groups in total. The molecule has 1 saturated carbocycles. The summed E-state index contributed by atoms with van der Waals surface area (Å²) < 4.78 is 2.40. The van der Waals surface area contributed by atoms with Crippen molar-refractivity contribution in [3.05, 3.63) is 42.9 Å². The first-order valence-corrected chi connectivity index (χ1v) is 11.6. The third-order valence-electron chi connectivity index (χ3n) is 7.17. The lowest BCUT2D eigenvalue weighted by atomic mass is 9.88. The van der Waals surface area contributed by atoms with Crippen molar-refractivity contribution in [2.45, 2.75) is 57.9 Å². The summed E-state index contributed by atoms with van der Waals surface area (Å²) in [5.41, 5.74) is 3.61. The van der Waals surface area contributed by atoms with E-state index < -0.39 is 0 Å². The predicted octanol–water partition coefficient (Wildman–Crippen LogP) is 5.24. The second kappa shape index (κ2) is 8.66. The molecule has 2 aliphatic rings. The van der Waals surface area contributed by atoms with Gasteiger partial charge in [0.15, 0.2) is 0 Å². The minimum atomic E-state index is 0.299. The summed E-state index contributed by atoms with van der Waals surface area (Å²) in [4.78, 5) is 15.1. The van der Waals surface area contributed by atoms with Gasteiger partial charge in [-0.25, -0.2) is 0 Å². The monoisotopic (exact) mass is 404 g/mol. The Labute approximate surface area is 178 Å². The van der Waals surface area contributed by atoms with Crippen LogP contribution in [0.2, 0.25) is 0 Å². The molecule has 3 aromatic rings. The van der Waals surface area contributed by atoms with Gasteiger partial charge in [0.1, 0.15) is 0 Å². The Bertz CT molecular complexity index is 984. The van der Waals surface area contributed by atoms with Gasteiger partial charge in [-0.15, -0.1) is 0 Å². The third-order valence-corrected chi connectivity index (χ3v) is 7.17. The fourth-order valence-corrected chi connectivity index (χ4v) is 5.40. The summed E-state index contributed by atoms with van der Waals surface area (Å²) in [6.45, 7) is 2.93. The maximum Gasteiger partial charge on any atom is 0.225 e. The Balaban J connectivity index is 1.24. The van der Waals surface area contributed by atoms with Crippen LogP contribution in [-0.4, -0.2) is 38.7 Å². The molecule has 1 amide bonds. The highest BCUT2D eigenvalue weighted by Gasteiger charge is 2.28. The Kier molecular flexibility index (Phi) is 5.60. The van der Waals surface area contributed by atoms with E-state index in [1.165, 1.54) is 42.1 Å². The summed E-state index contributed by atoms with van der Waals surface area (Å²) >= 11 is 0. The molecular weight excluding hydrogens is 372 g/mol. The molecule has 1 atom stereocenters. The number of H-pyrrole nitrogens is 1. The lowest BCUT2D eigenvalue weighted by Gasteiger charge is -2.28. The van der Waals surface area contributed by atoms with Gasteiger partial charge < -0.3 is 9.47 Å². The average molecular weight is 405 g/mol. The van der Waals surface area contributed by atoms with E-state index in [4.69, 9.17) is 0 Å². The number of aromatic amines is 1. The number of hydrogen-bond donors (Lipinski definition) is 1. The molecule has 2 fully saturated rings. The molecular formula is C25H32N4O. The molecule has 30 heavy (non-hydrogen) atoms. The number of carbonyl (C=O) groups is 1. The van der Waals surface area contributed by atoms with E-state index in [9.17, 15) is 4.79 Å². The SMILES string of the molecule is O=C(C1CCCCC1)N1CCCC(Cn2ccc3cc(-c4cn[nH]c4)ccc32)CC1. The summed E-state index contributed by atoms with van der Waals surface area (Å²) in [5, 5.41) is 8.23. The Morgan fingerprint density at radius 1 is 1.00 bits per heavy atom. The van der Waals surface area contributed by atoms with Crippen LogP contribution in [0.25, 0.3) is 22.0 Å². The van der Waals surface area contributed by atoms with E-state index in [-0.39, 0.29) is 0 Å². The smallest absolute Gasteiger partial charge is 0.225 e. The van der Waals surface area contributed by atoms with Crippen molar-refractivity contribution in [2.75, 3.05) is 13.1 Å². The van der Waals surface area contributed by atoms with Crippen molar-refractivity contribution in [1.29, 1.82) is 0 Å². The summed E-state index contributed by atoms with van der Waals surface area (Å²) in [6.07, 6.45) is 15.5. The second-order valence-corrected chi connectivity index (χ2v) is 9.19. The molecule has 0 spiro atoms. The Morgan fingerprint density at radius 3 is 2.73 bits per heavy atom. The fourth-order valence-electron chi connectivity index (χ4n) is 5.40. The van der Waals surface area contributed by atoms with Gasteiger partial charge >= 0.3 is 0 Å². The van der Waals surface area contributed by atoms with Crippen LogP contribution >= 0.6 is 0 Å². The zero-order chi connectivity index (χ0) is 20.3. The van der Waals surface area contributed by atoms with E-state index in [1.54, 1.807) is 0 Å². The molecule has 0 radical (unpaired) electrons. The van der Waals surface area contributed by atoms with Crippen molar-refractivity contribution in [1.82, 2.24) is 19.7 Å². The molecule has 1 aromatic carbocycles. The van der Waals surface area contributed by atoms with Crippen molar-refractivity contribution in [3.8, 4) is 11.1 Å². The molecule has 0 bridgehead atoms. The van der Waals surface area contributed by atoms with E-state index in [1.807, 2.05) is 12.4 Å². The van der Waals surface area contributed by atoms with Crippen LogP contribution in [0.1, 0.15) is 51.4 Å².